The first kappa shape index (κ1) is 11.9. The normalized spacial score (nSPS) is 11.6. The molecule has 0 nitrogen and oxygen atoms in total. The third-order valence-electron chi connectivity index (χ3n) is 2.96. The van der Waals surface area contributed by atoms with Crippen LogP contribution in [0.3, 0.4) is 0 Å². The predicted molar refractivity (Wildman–Crippen MR) is 80.0 cm³/mol. The lowest BCUT2D eigenvalue weighted by atomic mass is 10.1. The molecular formula is C14H17BrSi. The maximum absolute atomic E-state index is 3.49. The van der Waals surface area contributed by atoms with Crippen molar-refractivity contribution in [3.8, 4) is 0 Å². The number of fused-ring (bicyclic) bond motifs is 1. The largest absolute Gasteiger partial charge is 0.0928 e. The first-order chi connectivity index (χ1) is 7.92. The number of unbranched alkanes of at least 4 members (excludes halogenated alkanes) is 1. The fraction of sp³-hybridized carbons (Fsp3) is 0.286. The van der Waals surface area contributed by atoms with Gasteiger partial charge in [0.1, 0.15) is 0 Å². The van der Waals surface area contributed by atoms with Gasteiger partial charge in [0.25, 0.3) is 0 Å². The Morgan fingerprint density at radius 2 is 1.75 bits per heavy atom. The van der Waals surface area contributed by atoms with E-state index in [0.29, 0.717) is 0 Å². The van der Waals surface area contributed by atoms with Gasteiger partial charge in [-0.1, -0.05) is 76.0 Å². The van der Waals surface area contributed by atoms with Crippen LogP contribution >= 0.6 is 15.9 Å². The summed E-state index contributed by atoms with van der Waals surface area (Å²) in [5.74, 6) is 0. The zero-order valence-corrected chi connectivity index (χ0v) is 12.5. The van der Waals surface area contributed by atoms with Gasteiger partial charge in [-0.3, -0.25) is 0 Å². The van der Waals surface area contributed by atoms with Crippen molar-refractivity contribution in [3.63, 3.8) is 0 Å². The summed E-state index contributed by atoms with van der Waals surface area (Å²) in [7, 11) is -0.0744. The highest BCUT2D eigenvalue weighted by Gasteiger charge is 2.00. The summed E-state index contributed by atoms with van der Waals surface area (Å²) in [6.07, 6.45) is 2.69. The summed E-state index contributed by atoms with van der Waals surface area (Å²) in [5, 5.41) is 5.66. The predicted octanol–water partition coefficient (Wildman–Crippen LogP) is 3.23. The Bertz CT molecular complexity index is 448. The Labute approximate surface area is 108 Å². The van der Waals surface area contributed by atoms with E-state index in [9.17, 15) is 0 Å². The first-order valence-corrected chi connectivity index (χ1v) is 8.77. The van der Waals surface area contributed by atoms with Crippen molar-refractivity contribution in [2.45, 2.75) is 18.9 Å². The summed E-state index contributed by atoms with van der Waals surface area (Å²) >= 11 is 3.49. The topological polar surface area (TPSA) is 0 Å². The van der Waals surface area contributed by atoms with Crippen molar-refractivity contribution in [1.82, 2.24) is 0 Å². The Kier molecular flexibility index (Phi) is 4.61. The molecule has 2 aromatic rings. The van der Waals surface area contributed by atoms with E-state index >= 15 is 0 Å². The van der Waals surface area contributed by atoms with Crippen LogP contribution in [-0.2, 0) is 0 Å². The Morgan fingerprint density at radius 3 is 2.62 bits per heavy atom. The van der Waals surface area contributed by atoms with Crippen LogP contribution in [-0.4, -0.2) is 14.8 Å². The molecule has 2 heteroatoms. The number of rotatable bonds is 5. The highest BCUT2D eigenvalue weighted by Crippen LogP contribution is 2.11. The van der Waals surface area contributed by atoms with Gasteiger partial charge in [-0.05, 0) is 17.2 Å². The molecule has 0 bridgehead atoms. The van der Waals surface area contributed by atoms with Crippen molar-refractivity contribution in [2.75, 3.05) is 5.33 Å². The van der Waals surface area contributed by atoms with E-state index in [2.05, 4.69) is 58.4 Å². The maximum atomic E-state index is 3.49. The van der Waals surface area contributed by atoms with Gasteiger partial charge in [-0.15, -0.1) is 0 Å². The molecule has 0 aliphatic heterocycles. The van der Waals surface area contributed by atoms with E-state index in [1.165, 1.54) is 29.7 Å². The molecular weight excluding hydrogens is 276 g/mol. The van der Waals surface area contributed by atoms with Crippen molar-refractivity contribution < 1.29 is 0 Å². The van der Waals surface area contributed by atoms with E-state index < -0.39 is 0 Å². The molecule has 0 saturated heterocycles. The van der Waals surface area contributed by atoms with Gasteiger partial charge in [0.05, 0.1) is 9.52 Å². The van der Waals surface area contributed by atoms with Gasteiger partial charge in [-0.2, -0.15) is 0 Å². The summed E-state index contributed by atoms with van der Waals surface area (Å²) in [5.41, 5.74) is 0. The summed E-state index contributed by atoms with van der Waals surface area (Å²) in [6, 6.07) is 16.9. The van der Waals surface area contributed by atoms with Crippen LogP contribution < -0.4 is 5.19 Å². The van der Waals surface area contributed by atoms with Crippen molar-refractivity contribution >= 4 is 41.4 Å². The maximum Gasteiger partial charge on any atom is 0.0555 e. The van der Waals surface area contributed by atoms with Crippen molar-refractivity contribution in [3.05, 3.63) is 42.5 Å². The zero-order valence-electron chi connectivity index (χ0n) is 9.45. The van der Waals surface area contributed by atoms with Gasteiger partial charge in [0, 0.05) is 5.33 Å². The molecule has 0 unspecified atom stereocenters. The molecule has 0 heterocycles. The number of benzene rings is 2. The molecule has 0 amide bonds. The van der Waals surface area contributed by atoms with Crippen LogP contribution in [0.25, 0.3) is 10.8 Å². The van der Waals surface area contributed by atoms with Crippen LogP contribution in [0.4, 0.5) is 0 Å². The number of halogens is 1. The fourth-order valence-corrected chi connectivity index (χ4v) is 4.37. The van der Waals surface area contributed by atoms with Gasteiger partial charge in [0.15, 0.2) is 0 Å². The molecule has 84 valence electrons. The molecule has 0 aromatic heterocycles. The fourth-order valence-electron chi connectivity index (χ4n) is 2.10. The number of alkyl halides is 1. The molecule has 0 radical (unpaired) electrons. The van der Waals surface area contributed by atoms with Crippen LogP contribution in [0.5, 0.6) is 0 Å². The Hall–Kier alpha value is -0.603. The standard InChI is InChI=1S/C14H17BrSi/c15-10-3-4-11-16-14-9-5-7-12-6-1-2-8-13(12)14/h1-2,5-9H,3-4,10-11,16H2. The van der Waals surface area contributed by atoms with Crippen LogP contribution in [0.1, 0.15) is 12.8 Å². The van der Waals surface area contributed by atoms with E-state index in [0.717, 1.165) is 5.33 Å². The lowest BCUT2D eigenvalue weighted by molar-refractivity contribution is 0.897. The van der Waals surface area contributed by atoms with E-state index in [-0.39, 0.29) is 9.52 Å². The molecule has 0 N–H and O–H groups in total. The third kappa shape index (κ3) is 2.95. The van der Waals surface area contributed by atoms with Crippen LogP contribution in [0.2, 0.25) is 6.04 Å². The first-order valence-electron chi connectivity index (χ1n) is 5.94. The molecule has 0 aliphatic carbocycles. The quantitative estimate of drug-likeness (QED) is 0.451. The second kappa shape index (κ2) is 6.21. The zero-order chi connectivity index (χ0) is 11.2. The Morgan fingerprint density at radius 1 is 0.938 bits per heavy atom. The van der Waals surface area contributed by atoms with Gasteiger partial charge >= 0.3 is 0 Å². The summed E-state index contributed by atoms with van der Waals surface area (Å²) < 4.78 is 0. The van der Waals surface area contributed by atoms with E-state index in [1.54, 1.807) is 5.19 Å². The van der Waals surface area contributed by atoms with Crippen molar-refractivity contribution in [2.24, 2.45) is 0 Å². The molecule has 0 fully saturated rings. The van der Waals surface area contributed by atoms with Gasteiger partial charge in [0.2, 0.25) is 0 Å². The third-order valence-corrected chi connectivity index (χ3v) is 5.53. The van der Waals surface area contributed by atoms with E-state index in [4.69, 9.17) is 0 Å². The van der Waals surface area contributed by atoms with Gasteiger partial charge < -0.3 is 0 Å². The lowest BCUT2D eigenvalue weighted by Gasteiger charge is -2.05. The van der Waals surface area contributed by atoms with Crippen molar-refractivity contribution in [1.29, 1.82) is 0 Å². The highest BCUT2D eigenvalue weighted by atomic mass is 79.9. The minimum Gasteiger partial charge on any atom is -0.0928 e. The summed E-state index contributed by atoms with van der Waals surface area (Å²) in [6.45, 7) is 0. The SMILES string of the molecule is BrCCCC[SiH2]c1cccc2ccccc12. The molecule has 0 saturated carbocycles. The van der Waals surface area contributed by atoms with Crippen LogP contribution in [0.15, 0.2) is 42.5 Å². The molecule has 0 aliphatic rings. The minimum atomic E-state index is -0.0744. The molecule has 16 heavy (non-hydrogen) atoms. The number of hydrogen-bond acceptors (Lipinski definition) is 0. The van der Waals surface area contributed by atoms with E-state index in [1.807, 2.05) is 0 Å². The smallest absolute Gasteiger partial charge is 0.0555 e. The van der Waals surface area contributed by atoms with Gasteiger partial charge in [-0.25, -0.2) is 0 Å². The lowest BCUT2D eigenvalue weighted by Crippen LogP contribution is -2.14. The van der Waals surface area contributed by atoms with Crippen LogP contribution in [0, 0.1) is 0 Å². The molecule has 2 rings (SSSR count). The molecule has 0 atom stereocenters. The number of hydrogen-bond donors (Lipinski definition) is 0. The minimum absolute atomic E-state index is 0.0744. The monoisotopic (exact) mass is 292 g/mol. The summed E-state index contributed by atoms with van der Waals surface area (Å²) in [4.78, 5) is 0. The Balaban J connectivity index is 2.11. The second-order valence-electron chi connectivity index (χ2n) is 4.14. The molecule has 0 spiro atoms. The highest BCUT2D eigenvalue weighted by molar-refractivity contribution is 9.09. The second-order valence-corrected chi connectivity index (χ2v) is 6.90. The molecule has 2 aromatic carbocycles. The average Bonchev–Trinajstić information content (AvgIpc) is 2.35. The average molecular weight is 293 g/mol.